The number of hydrogen-bond acceptors (Lipinski definition) is 4. The molecule has 2 aromatic carbocycles. The van der Waals surface area contributed by atoms with Gasteiger partial charge in [0.2, 0.25) is 10.0 Å². The minimum absolute atomic E-state index is 0.147. The zero-order valence-electron chi connectivity index (χ0n) is 14.8. The van der Waals surface area contributed by atoms with Crippen LogP contribution in [-0.4, -0.2) is 31.3 Å². The van der Waals surface area contributed by atoms with Crippen LogP contribution in [0.25, 0.3) is 0 Å². The van der Waals surface area contributed by atoms with Crippen LogP contribution in [0.4, 0.5) is 0 Å². The predicted octanol–water partition coefficient (Wildman–Crippen LogP) is 3.28. The van der Waals surface area contributed by atoms with E-state index in [1.165, 1.54) is 4.31 Å². The third-order valence-electron chi connectivity index (χ3n) is 4.58. The highest BCUT2D eigenvalue weighted by atomic mass is 32.2. The zero-order valence-corrected chi connectivity index (χ0v) is 15.6. The van der Waals surface area contributed by atoms with E-state index in [0.29, 0.717) is 13.0 Å². The molecule has 1 heterocycles. The van der Waals surface area contributed by atoms with Crippen LogP contribution in [-0.2, 0) is 26.2 Å². The van der Waals surface area contributed by atoms with E-state index >= 15 is 0 Å². The minimum atomic E-state index is -3.72. The van der Waals surface area contributed by atoms with Crippen LogP contribution >= 0.6 is 0 Å². The van der Waals surface area contributed by atoms with Gasteiger partial charge in [-0.15, -0.1) is 0 Å². The molecule has 2 aromatic rings. The summed E-state index contributed by atoms with van der Waals surface area (Å²) in [6.07, 6.45) is 2.04. The zero-order chi connectivity index (χ0) is 18.6. The smallest absolute Gasteiger partial charge is 0.324 e. The molecular formula is C20H23NO4S. The number of carbonyl (C=O) groups is 1. The number of ether oxygens (including phenoxy) is 1. The number of hydrogen-bond donors (Lipinski definition) is 0. The lowest BCUT2D eigenvalue weighted by Crippen LogP contribution is -2.48. The Morgan fingerprint density at radius 2 is 1.77 bits per heavy atom. The maximum absolute atomic E-state index is 13.0. The van der Waals surface area contributed by atoms with Gasteiger partial charge < -0.3 is 4.74 Å². The fourth-order valence-corrected chi connectivity index (χ4v) is 4.75. The van der Waals surface area contributed by atoms with Crippen LogP contribution in [0.5, 0.6) is 0 Å². The molecule has 1 aliphatic heterocycles. The van der Waals surface area contributed by atoms with E-state index in [1.807, 2.05) is 37.3 Å². The lowest BCUT2D eigenvalue weighted by Gasteiger charge is -2.33. The highest BCUT2D eigenvalue weighted by Crippen LogP contribution is 2.26. The van der Waals surface area contributed by atoms with Gasteiger partial charge in [0.1, 0.15) is 12.6 Å². The Morgan fingerprint density at radius 3 is 2.46 bits per heavy atom. The van der Waals surface area contributed by atoms with Crippen molar-refractivity contribution in [1.82, 2.24) is 4.31 Å². The summed E-state index contributed by atoms with van der Waals surface area (Å²) in [5.41, 5.74) is 1.87. The molecule has 0 saturated carbocycles. The van der Waals surface area contributed by atoms with E-state index < -0.39 is 22.0 Å². The Bertz CT molecular complexity index is 847. The van der Waals surface area contributed by atoms with Crippen molar-refractivity contribution in [3.05, 3.63) is 65.7 Å². The van der Waals surface area contributed by atoms with Crippen molar-refractivity contribution < 1.29 is 17.9 Å². The molecule has 1 unspecified atom stereocenters. The van der Waals surface area contributed by atoms with Gasteiger partial charge >= 0.3 is 5.97 Å². The number of rotatable bonds is 5. The van der Waals surface area contributed by atoms with E-state index in [1.54, 1.807) is 24.3 Å². The number of sulfonamides is 1. The molecule has 5 nitrogen and oxygen atoms in total. The van der Waals surface area contributed by atoms with Gasteiger partial charge in [0.05, 0.1) is 4.90 Å². The third kappa shape index (κ3) is 4.14. The summed E-state index contributed by atoms with van der Waals surface area (Å²) in [5, 5.41) is 0. The minimum Gasteiger partial charge on any atom is -0.460 e. The molecule has 26 heavy (non-hydrogen) atoms. The standard InChI is InChI=1S/C20H23NO4S/c1-16-10-12-18(13-11-16)26(23,24)21-14-6-5-9-19(21)20(22)25-15-17-7-3-2-4-8-17/h2-4,7-8,10-13,19H,5-6,9,14-15H2,1H3. The fraction of sp³-hybridized carbons (Fsp3) is 0.350. The number of aryl methyl sites for hydroxylation is 1. The van der Waals surface area contributed by atoms with Gasteiger partial charge in [0.15, 0.2) is 0 Å². The average molecular weight is 373 g/mol. The van der Waals surface area contributed by atoms with Crippen molar-refractivity contribution >= 4 is 16.0 Å². The van der Waals surface area contributed by atoms with Crippen LogP contribution in [0.2, 0.25) is 0 Å². The predicted molar refractivity (Wildman–Crippen MR) is 98.9 cm³/mol. The Kier molecular flexibility index (Phi) is 5.74. The summed E-state index contributed by atoms with van der Waals surface area (Å²) in [5.74, 6) is -0.482. The molecule has 0 radical (unpaired) electrons. The molecule has 1 atom stereocenters. The number of carbonyl (C=O) groups excluding carboxylic acids is 1. The quantitative estimate of drug-likeness (QED) is 0.755. The summed E-state index contributed by atoms with van der Waals surface area (Å²) >= 11 is 0. The maximum Gasteiger partial charge on any atom is 0.324 e. The van der Waals surface area contributed by atoms with Crippen molar-refractivity contribution in [2.75, 3.05) is 6.54 Å². The first kappa shape index (κ1) is 18.6. The van der Waals surface area contributed by atoms with E-state index in [0.717, 1.165) is 24.0 Å². The normalized spacial score (nSPS) is 18.4. The topological polar surface area (TPSA) is 63.7 Å². The molecule has 1 saturated heterocycles. The number of esters is 1. The number of nitrogens with zero attached hydrogens (tertiary/aromatic N) is 1. The first-order valence-corrected chi connectivity index (χ1v) is 10.2. The average Bonchev–Trinajstić information content (AvgIpc) is 2.67. The van der Waals surface area contributed by atoms with Crippen LogP contribution in [0.1, 0.15) is 30.4 Å². The molecule has 1 aliphatic rings. The van der Waals surface area contributed by atoms with Gasteiger partial charge in [-0.05, 0) is 43.9 Å². The molecule has 6 heteroatoms. The number of benzene rings is 2. The second kappa shape index (κ2) is 8.01. The van der Waals surface area contributed by atoms with Gasteiger partial charge in [-0.2, -0.15) is 4.31 Å². The first-order chi connectivity index (χ1) is 12.5. The van der Waals surface area contributed by atoms with Crippen molar-refractivity contribution in [3.63, 3.8) is 0 Å². The maximum atomic E-state index is 13.0. The van der Waals surface area contributed by atoms with Crippen LogP contribution in [0.3, 0.4) is 0 Å². The third-order valence-corrected chi connectivity index (χ3v) is 6.50. The highest BCUT2D eigenvalue weighted by molar-refractivity contribution is 7.89. The van der Waals surface area contributed by atoms with Crippen LogP contribution in [0, 0.1) is 6.92 Å². The summed E-state index contributed by atoms with van der Waals surface area (Å²) in [6, 6.07) is 15.3. The highest BCUT2D eigenvalue weighted by Gasteiger charge is 2.38. The molecule has 0 aliphatic carbocycles. The van der Waals surface area contributed by atoms with Gasteiger partial charge in [-0.1, -0.05) is 48.0 Å². The van der Waals surface area contributed by atoms with Crippen molar-refractivity contribution in [3.8, 4) is 0 Å². The van der Waals surface area contributed by atoms with Gasteiger partial charge in [-0.25, -0.2) is 8.42 Å². The Balaban J connectivity index is 1.76. The van der Waals surface area contributed by atoms with Crippen molar-refractivity contribution in [1.29, 1.82) is 0 Å². The SMILES string of the molecule is Cc1ccc(S(=O)(=O)N2CCCCC2C(=O)OCc2ccccc2)cc1. The molecule has 1 fully saturated rings. The van der Waals surface area contributed by atoms with E-state index in [-0.39, 0.29) is 11.5 Å². The molecule has 0 bridgehead atoms. The monoisotopic (exact) mass is 373 g/mol. The van der Waals surface area contributed by atoms with Gasteiger partial charge in [-0.3, -0.25) is 4.79 Å². The lowest BCUT2D eigenvalue weighted by atomic mass is 10.1. The molecule has 0 amide bonds. The van der Waals surface area contributed by atoms with Crippen LogP contribution in [0.15, 0.2) is 59.5 Å². The van der Waals surface area contributed by atoms with Gasteiger partial charge in [0.25, 0.3) is 0 Å². The van der Waals surface area contributed by atoms with Crippen LogP contribution < -0.4 is 0 Å². The second-order valence-electron chi connectivity index (χ2n) is 6.53. The summed E-state index contributed by atoms with van der Waals surface area (Å²) < 4.78 is 32.7. The Morgan fingerprint density at radius 1 is 1.08 bits per heavy atom. The first-order valence-electron chi connectivity index (χ1n) is 8.77. The summed E-state index contributed by atoms with van der Waals surface area (Å²) in [6.45, 7) is 2.39. The van der Waals surface area contributed by atoms with Crippen molar-refractivity contribution in [2.45, 2.75) is 43.7 Å². The second-order valence-corrected chi connectivity index (χ2v) is 8.42. The Hall–Kier alpha value is -2.18. The van der Waals surface area contributed by atoms with E-state index in [9.17, 15) is 13.2 Å². The van der Waals surface area contributed by atoms with E-state index in [2.05, 4.69) is 0 Å². The fourth-order valence-electron chi connectivity index (χ4n) is 3.10. The molecule has 0 spiro atoms. The largest absolute Gasteiger partial charge is 0.460 e. The van der Waals surface area contributed by atoms with Crippen molar-refractivity contribution in [2.24, 2.45) is 0 Å². The Labute approximate surface area is 154 Å². The summed E-state index contributed by atoms with van der Waals surface area (Å²) in [7, 11) is -3.72. The molecular weight excluding hydrogens is 350 g/mol. The van der Waals surface area contributed by atoms with Gasteiger partial charge in [0, 0.05) is 6.54 Å². The number of piperidine rings is 1. The van der Waals surface area contributed by atoms with E-state index in [4.69, 9.17) is 4.74 Å². The molecule has 138 valence electrons. The molecule has 0 N–H and O–H groups in total. The molecule has 0 aromatic heterocycles. The summed E-state index contributed by atoms with van der Waals surface area (Å²) in [4.78, 5) is 12.8. The molecule has 3 rings (SSSR count). The lowest BCUT2D eigenvalue weighted by molar-refractivity contribution is -0.150.